The highest BCUT2D eigenvalue weighted by Crippen LogP contribution is 2.20. The number of nitrogens with one attached hydrogen (secondary N) is 1. The van der Waals surface area contributed by atoms with Crippen molar-refractivity contribution in [2.45, 2.75) is 6.92 Å². The van der Waals surface area contributed by atoms with Crippen LogP contribution in [0.4, 0.5) is 5.82 Å². The summed E-state index contributed by atoms with van der Waals surface area (Å²) in [5.41, 5.74) is 8.14. The number of anilines is 1. The highest BCUT2D eigenvalue weighted by atomic mass is 16.2. The molecule has 144 valence electrons. The summed E-state index contributed by atoms with van der Waals surface area (Å²) in [5.74, 6) is -0.716. The van der Waals surface area contributed by atoms with Gasteiger partial charge >= 0.3 is 0 Å². The van der Waals surface area contributed by atoms with Gasteiger partial charge in [-0.3, -0.25) is 14.3 Å². The van der Waals surface area contributed by atoms with E-state index in [0.29, 0.717) is 28.3 Å². The molecule has 0 fully saturated rings. The van der Waals surface area contributed by atoms with Gasteiger partial charge < -0.3 is 11.1 Å². The maximum atomic E-state index is 12.5. The Kier molecular flexibility index (Phi) is 4.43. The van der Waals surface area contributed by atoms with Crippen molar-refractivity contribution in [3.05, 3.63) is 59.7 Å². The number of fused-ring (bicyclic) bond motifs is 1. The van der Waals surface area contributed by atoms with Gasteiger partial charge in [-0.05, 0) is 30.7 Å². The van der Waals surface area contributed by atoms with Crippen molar-refractivity contribution in [3.63, 3.8) is 0 Å². The molecule has 4 aromatic rings. The fourth-order valence-corrected chi connectivity index (χ4v) is 2.84. The number of primary amides is 1. The molecule has 0 spiro atoms. The molecule has 0 aromatic carbocycles. The molecule has 0 aliphatic rings. The molecule has 0 unspecified atom stereocenters. The van der Waals surface area contributed by atoms with Crippen molar-refractivity contribution in [2.24, 2.45) is 12.8 Å². The molecule has 10 heteroatoms. The number of carbonyl (C=O) groups is 2. The van der Waals surface area contributed by atoms with Crippen LogP contribution in [0.5, 0.6) is 0 Å². The van der Waals surface area contributed by atoms with E-state index < -0.39 is 11.8 Å². The number of carbonyl (C=O) groups excluding carboxylic acids is 2. The SMILES string of the molecule is Cc1cc(C(=O)Nc2cc3nc(-c4cn(C)nn4)ccc3cn2)cnc1C(N)=O. The Morgan fingerprint density at radius 3 is 2.62 bits per heavy atom. The largest absolute Gasteiger partial charge is 0.364 e. The summed E-state index contributed by atoms with van der Waals surface area (Å²) in [7, 11) is 1.78. The van der Waals surface area contributed by atoms with Crippen LogP contribution in [0.25, 0.3) is 22.3 Å². The number of nitrogens with zero attached hydrogens (tertiary/aromatic N) is 6. The Balaban J connectivity index is 1.61. The summed E-state index contributed by atoms with van der Waals surface area (Å²) in [5, 5.41) is 11.5. The Bertz CT molecular complexity index is 1260. The molecule has 10 nitrogen and oxygen atoms in total. The van der Waals surface area contributed by atoms with Gasteiger partial charge in [-0.2, -0.15) is 0 Å². The third kappa shape index (κ3) is 3.63. The smallest absolute Gasteiger partial charge is 0.267 e. The van der Waals surface area contributed by atoms with Gasteiger partial charge in [-0.15, -0.1) is 5.10 Å². The van der Waals surface area contributed by atoms with Crippen LogP contribution in [0.2, 0.25) is 0 Å². The van der Waals surface area contributed by atoms with Crippen LogP contribution in [0.15, 0.2) is 42.9 Å². The Hall–Kier alpha value is -4.21. The van der Waals surface area contributed by atoms with Gasteiger partial charge in [0.1, 0.15) is 17.2 Å². The predicted molar refractivity (Wildman–Crippen MR) is 105 cm³/mol. The molecule has 4 aromatic heterocycles. The van der Waals surface area contributed by atoms with Crippen LogP contribution < -0.4 is 11.1 Å². The maximum Gasteiger partial charge on any atom is 0.267 e. The van der Waals surface area contributed by atoms with E-state index in [2.05, 4.69) is 30.6 Å². The second-order valence-corrected chi connectivity index (χ2v) is 6.44. The zero-order valence-corrected chi connectivity index (χ0v) is 15.6. The lowest BCUT2D eigenvalue weighted by atomic mass is 10.1. The van der Waals surface area contributed by atoms with Crippen LogP contribution in [0.3, 0.4) is 0 Å². The van der Waals surface area contributed by atoms with Crippen molar-refractivity contribution < 1.29 is 9.59 Å². The van der Waals surface area contributed by atoms with E-state index in [1.165, 1.54) is 6.20 Å². The quantitative estimate of drug-likeness (QED) is 0.539. The minimum atomic E-state index is -0.643. The maximum absolute atomic E-state index is 12.5. The molecule has 0 saturated carbocycles. The van der Waals surface area contributed by atoms with E-state index in [0.717, 1.165) is 5.39 Å². The van der Waals surface area contributed by atoms with Gasteiger partial charge in [-0.25, -0.2) is 15.0 Å². The van der Waals surface area contributed by atoms with Crippen LogP contribution in [0.1, 0.15) is 26.4 Å². The highest BCUT2D eigenvalue weighted by Gasteiger charge is 2.13. The minimum Gasteiger partial charge on any atom is -0.364 e. The number of aromatic nitrogens is 6. The van der Waals surface area contributed by atoms with Gasteiger partial charge in [0.15, 0.2) is 0 Å². The van der Waals surface area contributed by atoms with Crippen LogP contribution in [0, 0.1) is 6.92 Å². The lowest BCUT2D eigenvalue weighted by molar-refractivity contribution is 0.0989. The Labute approximate surface area is 164 Å². The third-order valence-corrected chi connectivity index (χ3v) is 4.25. The number of hydrogen-bond acceptors (Lipinski definition) is 7. The summed E-state index contributed by atoms with van der Waals surface area (Å²) in [6.45, 7) is 1.66. The monoisotopic (exact) mass is 388 g/mol. The first kappa shape index (κ1) is 18.2. The number of amides is 2. The predicted octanol–water partition coefficient (Wildman–Crippen LogP) is 1.48. The van der Waals surface area contributed by atoms with Crippen molar-refractivity contribution in [1.82, 2.24) is 29.9 Å². The summed E-state index contributed by atoms with van der Waals surface area (Å²) < 4.78 is 1.60. The van der Waals surface area contributed by atoms with Gasteiger partial charge in [0, 0.05) is 30.9 Å². The minimum absolute atomic E-state index is 0.131. The Morgan fingerprint density at radius 2 is 1.93 bits per heavy atom. The number of hydrogen-bond donors (Lipinski definition) is 2. The normalized spacial score (nSPS) is 10.8. The Morgan fingerprint density at radius 1 is 1.10 bits per heavy atom. The van der Waals surface area contributed by atoms with Crippen molar-refractivity contribution in [2.75, 3.05) is 5.32 Å². The number of rotatable bonds is 4. The zero-order chi connectivity index (χ0) is 20.5. The van der Waals surface area contributed by atoms with Crippen LogP contribution in [-0.2, 0) is 7.05 Å². The molecule has 0 bridgehead atoms. The molecule has 0 aliphatic carbocycles. The van der Waals surface area contributed by atoms with E-state index in [9.17, 15) is 9.59 Å². The van der Waals surface area contributed by atoms with Gasteiger partial charge in [0.25, 0.3) is 11.8 Å². The summed E-state index contributed by atoms with van der Waals surface area (Å²) in [4.78, 5) is 36.6. The van der Waals surface area contributed by atoms with E-state index >= 15 is 0 Å². The van der Waals surface area contributed by atoms with Gasteiger partial charge in [0.2, 0.25) is 0 Å². The van der Waals surface area contributed by atoms with E-state index in [1.807, 2.05) is 12.1 Å². The first-order valence-electron chi connectivity index (χ1n) is 8.62. The first-order chi connectivity index (χ1) is 13.9. The number of aryl methyl sites for hydroxylation is 2. The van der Waals surface area contributed by atoms with Gasteiger partial charge in [0.05, 0.1) is 23.0 Å². The third-order valence-electron chi connectivity index (χ3n) is 4.25. The summed E-state index contributed by atoms with van der Waals surface area (Å²) in [6, 6.07) is 6.93. The highest BCUT2D eigenvalue weighted by molar-refractivity contribution is 6.05. The van der Waals surface area contributed by atoms with Gasteiger partial charge in [-0.1, -0.05) is 5.21 Å². The average molecular weight is 388 g/mol. The molecule has 0 aliphatic heterocycles. The number of nitrogens with two attached hydrogens (primary N) is 1. The molecule has 2 amide bonds. The molecule has 4 rings (SSSR count). The van der Waals surface area contributed by atoms with Crippen molar-refractivity contribution in [3.8, 4) is 11.4 Å². The topological polar surface area (TPSA) is 142 Å². The van der Waals surface area contributed by atoms with Crippen molar-refractivity contribution >= 4 is 28.5 Å². The molecule has 3 N–H and O–H groups in total. The zero-order valence-electron chi connectivity index (χ0n) is 15.6. The molecule has 4 heterocycles. The van der Waals surface area contributed by atoms with Crippen molar-refractivity contribution in [1.29, 1.82) is 0 Å². The molecule has 0 radical (unpaired) electrons. The van der Waals surface area contributed by atoms with Crippen LogP contribution >= 0.6 is 0 Å². The van der Waals surface area contributed by atoms with Crippen LogP contribution in [-0.4, -0.2) is 41.8 Å². The lowest BCUT2D eigenvalue weighted by Crippen LogP contribution is -2.18. The molecule has 29 heavy (non-hydrogen) atoms. The summed E-state index contributed by atoms with van der Waals surface area (Å²) in [6.07, 6.45) is 4.69. The second-order valence-electron chi connectivity index (χ2n) is 6.44. The first-order valence-corrected chi connectivity index (χ1v) is 8.62. The number of pyridine rings is 3. The summed E-state index contributed by atoms with van der Waals surface area (Å²) >= 11 is 0. The standard InChI is InChI=1S/C19H16N8O2/c1-10-5-12(8-22-17(10)18(20)28)19(29)24-16-6-14-11(7-21-16)3-4-13(23-14)15-9-27(2)26-25-15/h3-9H,1-2H3,(H2,20,28)(H,21,24,29). The fraction of sp³-hybridized carbons (Fsp3) is 0.105. The molecular formula is C19H16N8O2. The van der Waals surface area contributed by atoms with E-state index in [1.54, 1.807) is 43.2 Å². The van der Waals surface area contributed by atoms with E-state index in [-0.39, 0.29) is 11.3 Å². The van der Waals surface area contributed by atoms with E-state index in [4.69, 9.17) is 5.73 Å². The molecular weight excluding hydrogens is 372 g/mol. The fourth-order valence-electron chi connectivity index (χ4n) is 2.84. The molecule has 0 saturated heterocycles. The molecule has 0 atom stereocenters. The lowest BCUT2D eigenvalue weighted by Gasteiger charge is -2.07. The average Bonchev–Trinajstić information content (AvgIpc) is 3.13. The second kappa shape index (κ2) is 7.08.